The first kappa shape index (κ1) is 12.8. The highest BCUT2D eigenvalue weighted by Gasteiger charge is 2.06. The molecule has 0 unspecified atom stereocenters. The predicted octanol–water partition coefficient (Wildman–Crippen LogP) is 3.43. The van der Waals surface area contributed by atoms with Gasteiger partial charge >= 0.3 is 6.09 Å². The lowest BCUT2D eigenvalue weighted by molar-refractivity contribution is 0.155. The molecule has 1 N–H and O–H groups in total. The SMILES string of the molecule is O=C(Nc1cnccc1I)OCc1ccccc1. The minimum atomic E-state index is -0.482. The van der Waals surface area contributed by atoms with Gasteiger partial charge in [0.1, 0.15) is 6.61 Å². The van der Waals surface area contributed by atoms with E-state index in [1.54, 1.807) is 12.4 Å². The number of aromatic nitrogens is 1. The lowest BCUT2D eigenvalue weighted by Gasteiger charge is -2.07. The van der Waals surface area contributed by atoms with Crippen molar-refractivity contribution in [1.29, 1.82) is 0 Å². The maximum absolute atomic E-state index is 11.6. The fourth-order valence-corrected chi connectivity index (χ4v) is 1.77. The zero-order valence-electron chi connectivity index (χ0n) is 9.47. The monoisotopic (exact) mass is 354 g/mol. The average molecular weight is 354 g/mol. The average Bonchev–Trinajstić information content (AvgIpc) is 2.40. The molecule has 0 bridgehead atoms. The first-order valence-corrected chi connectivity index (χ1v) is 6.41. The van der Waals surface area contributed by atoms with Crippen molar-refractivity contribution in [2.24, 2.45) is 0 Å². The molecule has 0 aliphatic carbocycles. The zero-order chi connectivity index (χ0) is 12.8. The number of rotatable bonds is 3. The predicted molar refractivity (Wildman–Crippen MR) is 77.2 cm³/mol. The van der Waals surface area contributed by atoms with E-state index in [9.17, 15) is 4.79 Å². The number of anilines is 1. The van der Waals surface area contributed by atoms with E-state index in [4.69, 9.17) is 4.74 Å². The Balaban J connectivity index is 1.88. The Morgan fingerprint density at radius 3 is 2.78 bits per heavy atom. The minimum absolute atomic E-state index is 0.253. The van der Waals surface area contributed by atoms with Gasteiger partial charge in [-0.25, -0.2) is 4.79 Å². The smallest absolute Gasteiger partial charge is 0.412 e. The summed E-state index contributed by atoms with van der Waals surface area (Å²) in [6.07, 6.45) is 2.78. The number of hydrogen-bond acceptors (Lipinski definition) is 3. The van der Waals surface area contributed by atoms with Crippen molar-refractivity contribution in [1.82, 2.24) is 4.98 Å². The highest BCUT2D eigenvalue weighted by Crippen LogP contribution is 2.15. The fraction of sp³-hybridized carbons (Fsp3) is 0.0769. The van der Waals surface area contributed by atoms with Gasteiger partial charge in [-0.15, -0.1) is 0 Å². The summed E-state index contributed by atoms with van der Waals surface area (Å²) in [6.45, 7) is 0.253. The van der Waals surface area contributed by atoms with Crippen LogP contribution in [0.2, 0.25) is 0 Å². The molecule has 18 heavy (non-hydrogen) atoms. The summed E-state index contributed by atoms with van der Waals surface area (Å²) in [5.41, 5.74) is 1.60. The first-order valence-electron chi connectivity index (χ1n) is 5.33. The quantitative estimate of drug-likeness (QED) is 0.860. The van der Waals surface area contributed by atoms with Gasteiger partial charge in [-0.1, -0.05) is 30.3 Å². The lowest BCUT2D eigenvalue weighted by Crippen LogP contribution is -2.14. The summed E-state index contributed by atoms with van der Waals surface area (Å²) in [4.78, 5) is 15.5. The standard InChI is InChI=1S/C13H11IN2O2/c14-11-6-7-15-8-12(11)16-13(17)18-9-10-4-2-1-3-5-10/h1-8H,9H2,(H,16,17). The van der Waals surface area contributed by atoms with Crippen LogP contribution in [0.1, 0.15) is 5.56 Å². The third-order valence-electron chi connectivity index (χ3n) is 2.22. The Morgan fingerprint density at radius 1 is 1.28 bits per heavy atom. The van der Waals surface area contributed by atoms with Crippen molar-refractivity contribution >= 4 is 34.4 Å². The molecule has 0 aliphatic rings. The summed E-state index contributed by atoms with van der Waals surface area (Å²) in [6, 6.07) is 11.3. The number of halogens is 1. The molecule has 5 heteroatoms. The first-order chi connectivity index (χ1) is 8.75. The van der Waals surface area contributed by atoms with E-state index >= 15 is 0 Å². The molecule has 0 saturated heterocycles. The Morgan fingerprint density at radius 2 is 2.06 bits per heavy atom. The third-order valence-corrected chi connectivity index (χ3v) is 3.16. The van der Waals surface area contributed by atoms with Crippen LogP contribution in [0.15, 0.2) is 48.8 Å². The minimum Gasteiger partial charge on any atom is -0.444 e. The van der Waals surface area contributed by atoms with Gasteiger partial charge in [-0.05, 0) is 34.2 Å². The van der Waals surface area contributed by atoms with E-state index in [0.717, 1.165) is 9.13 Å². The van der Waals surface area contributed by atoms with Gasteiger partial charge in [-0.2, -0.15) is 0 Å². The second-order valence-electron chi connectivity index (χ2n) is 3.54. The molecule has 0 spiro atoms. The van der Waals surface area contributed by atoms with E-state index < -0.39 is 6.09 Å². The normalized spacial score (nSPS) is 9.83. The molecule has 0 saturated carbocycles. The van der Waals surface area contributed by atoms with Gasteiger partial charge in [0.25, 0.3) is 0 Å². The van der Waals surface area contributed by atoms with Crippen molar-refractivity contribution in [3.63, 3.8) is 0 Å². The van der Waals surface area contributed by atoms with Crippen LogP contribution < -0.4 is 5.32 Å². The van der Waals surface area contributed by atoms with Gasteiger partial charge < -0.3 is 4.74 Å². The number of amides is 1. The van der Waals surface area contributed by atoms with Crippen molar-refractivity contribution < 1.29 is 9.53 Å². The Labute approximate surface area is 119 Å². The van der Waals surface area contributed by atoms with Crippen LogP contribution in [-0.2, 0) is 11.3 Å². The second-order valence-corrected chi connectivity index (χ2v) is 4.70. The molecule has 0 radical (unpaired) electrons. The van der Waals surface area contributed by atoms with Crippen LogP contribution in [0.4, 0.5) is 10.5 Å². The van der Waals surface area contributed by atoms with Gasteiger partial charge in [0.15, 0.2) is 0 Å². The summed E-state index contributed by atoms with van der Waals surface area (Å²) >= 11 is 2.12. The summed E-state index contributed by atoms with van der Waals surface area (Å²) in [5, 5.41) is 2.65. The van der Waals surface area contributed by atoms with Crippen molar-refractivity contribution in [2.45, 2.75) is 6.61 Å². The Hall–Kier alpha value is -1.63. The topological polar surface area (TPSA) is 51.2 Å². The van der Waals surface area contributed by atoms with E-state index in [2.05, 4.69) is 32.9 Å². The molecule has 0 atom stereocenters. The van der Waals surface area contributed by atoms with Crippen LogP contribution in [0.5, 0.6) is 0 Å². The van der Waals surface area contributed by atoms with E-state index in [1.807, 2.05) is 36.4 Å². The molecule has 1 aromatic carbocycles. The zero-order valence-corrected chi connectivity index (χ0v) is 11.6. The molecule has 1 aromatic heterocycles. The van der Waals surface area contributed by atoms with Crippen LogP contribution in [-0.4, -0.2) is 11.1 Å². The fourth-order valence-electron chi connectivity index (χ4n) is 1.34. The molecular formula is C13H11IN2O2. The van der Waals surface area contributed by atoms with Crippen LogP contribution in [0.3, 0.4) is 0 Å². The van der Waals surface area contributed by atoms with Gasteiger partial charge in [-0.3, -0.25) is 10.3 Å². The number of carbonyl (C=O) groups excluding carboxylic acids is 1. The highest BCUT2D eigenvalue weighted by atomic mass is 127. The maximum atomic E-state index is 11.6. The number of hydrogen-bond donors (Lipinski definition) is 1. The highest BCUT2D eigenvalue weighted by molar-refractivity contribution is 14.1. The summed E-state index contributed by atoms with van der Waals surface area (Å²) in [7, 11) is 0. The molecule has 0 fully saturated rings. The molecule has 0 aliphatic heterocycles. The van der Waals surface area contributed by atoms with Crippen molar-refractivity contribution in [2.75, 3.05) is 5.32 Å². The molecule has 1 amide bonds. The van der Waals surface area contributed by atoms with Gasteiger partial charge in [0.2, 0.25) is 0 Å². The number of nitrogens with one attached hydrogen (secondary N) is 1. The van der Waals surface area contributed by atoms with E-state index in [0.29, 0.717) is 5.69 Å². The molecule has 92 valence electrons. The Kier molecular flexibility index (Phi) is 4.52. The van der Waals surface area contributed by atoms with Crippen LogP contribution >= 0.6 is 22.6 Å². The Bertz CT molecular complexity index is 532. The molecule has 1 heterocycles. The second kappa shape index (κ2) is 6.34. The lowest BCUT2D eigenvalue weighted by atomic mass is 10.2. The molecule has 2 rings (SSSR count). The molecular weight excluding hydrogens is 343 g/mol. The van der Waals surface area contributed by atoms with E-state index in [1.165, 1.54) is 0 Å². The van der Waals surface area contributed by atoms with E-state index in [-0.39, 0.29) is 6.61 Å². The largest absolute Gasteiger partial charge is 0.444 e. The molecule has 4 nitrogen and oxygen atoms in total. The number of ether oxygens (including phenoxy) is 1. The van der Waals surface area contributed by atoms with Crippen LogP contribution in [0, 0.1) is 3.57 Å². The summed E-state index contributed by atoms with van der Waals surface area (Å²) < 4.78 is 6.02. The van der Waals surface area contributed by atoms with Crippen LogP contribution in [0.25, 0.3) is 0 Å². The summed E-state index contributed by atoms with van der Waals surface area (Å²) in [5.74, 6) is 0. The maximum Gasteiger partial charge on any atom is 0.412 e. The van der Waals surface area contributed by atoms with Crippen molar-refractivity contribution in [3.8, 4) is 0 Å². The number of pyridine rings is 1. The number of benzene rings is 1. The van der Waals surface area contributed by atoms with Gasteiger partial charge in [0.05, 0.1) is 11.9 Å². The van der Waals surface area contributed by atoms with Crippen molar-refractivity contribution in [3.05, 3.63) is 57.9 Å². The number of carbonyl (C=O) groups is 1. The number of nitrogens with zero attached hydrogens (tertiary/aromatic N) is 1. The third kappa shape index (κ3) is 3.69. The van der Waals surface area contributed by atoms with Gasteiger partial charge in [0, 0.05) is 9.77 Å². The molecule has 2 aromatic rings.